The summed E-state index contributed by atoms with van der Waals surface area (Å²) >= 11 is 1.77. The van der Waals surface area contributed by atoms with Crippen molar-refractivity contribution in [3.05, 3.63) is 15.6 Å². The van der Waals surface area contributed by atoms with Gasteiger partial charge in [0.2, 0.25) is 0 Å². The minimum absolute atomic E-state index is 0.0272. The van der Waals surface area contributed by atoms with E-state index in [1.807, 2.05) is 14.0 Å². The summed E-state index contributed by atoms with van der Waals surface area (Å²) in [5, 5.41) is 3.85. The molecule has 0 aromatic carbocycles. The number of nitrogens with one attached hydrogen (secondary N) is 1. The van der Waals surface area contributed by atoms with Crippen molar-refractivity contribution in [3.8, 4) is 0 Å². The SMILES string of the molecule is CCNC(=O)N(C)Cc1nc2c(s1)CCCC2. The van der Waals surface area contributed by atoms with Crippen molar-refractivity contribution in [3.63, 3.8) is 0 Å². The Morgan fingerprint density at radius 2 is 2.24 bits per heavy atom. The van der Waals surface area contributed by atoms with Crippen molar-refractivity contribution in [1.82, 2.24) is 15.2 Å². The molecule has 0 spiro atoms. The predicted molar refractivity (Wildman–Crippen MR) is 69.3 cm³/mol. The number of urea groups is 1. The van der Waals surface area contributed by atoms with Crippen molar-refractivity contribution in [1.29, 1.82) is 0 Å². The minimum atomic E-state index is -0.0272. The summed E-state index contributed by atoms with van der Waals surface area (Å²) in [4.78, 5) is 19.3. The van der Waals surface area contributed by atoms with Crippen LogP contribution in [0.1, 0.15) is 35.3 Å². The quantitative estimate of drug-likeness (QED) is 0.897. The van der Waals surface area contributed by atoms with E-state index in [0.717, 1.165) is 17.8 Å². The number of amides is 2. The van der Waals surface area contributed by atoms with E-state index in [9.17, 15) is 4.79 Å². The molecule has 0 saturated carbocycles. The Morgan fingerprint density at radius 1 is 1.47 bits per heavy atom. The lowest BCUT2D eigenvalue weighted by molar-refractivity contribution is 0.207. The van der Waals surface area contributed by atoms with Crippen LogP contribution in [0.25, 0.3) is 0 Å². The summed E-state index contributed by atoms with van der Waals surface area (Å²) in [6.07, 6.45) is 4.80. The highest BCUT2D eigenvalue weighted by Gasteiger charge is 2.17. The number of carbonyl (C=O) groups is 1. The molecule has 0 radical (unpaired) electrons. The van der Waals surface area contributed by atoms with Gasteiger partial charge in [0.1, 0.15) is 5.01 Å². The first-order valence-electron chi connectivity index (χ1n) is 6.17. The lowest BCUT2D eigenvalue weighted by Crippen LogP contribution is -2.36. The maximum Gasteiger partial charge on any atom is 0.317 e. The van der Waals surface area contributed by atoms with Gasteiger partial charge >= 0.3 is 6.03 Å². The average Bonchev–Trinajstić information content (AvgIpc) is 2.71. The van der Waals surface area contributed by atoms with Gasteiger partial charge in [-0.1, -0.05) is 0 Å². The Bertz CT molecular complexity index is 379. The fraction of sp³-hybridized carbons (Fsp3) is 0.667. The summed E-state index contributed by atoms with van der Waals surface area (Å²) in [7, 11) is 1.81. The van der Waals surface area contributed by atoms with Crippen LogP contribution in [0, 0.1) is 0 Å². The van der Waals surface area contributed by atoms with Gasteiger partial charge in [0.05, 0.1) is 12.2 Å². The molecule has 1 aliphatic rings. The topological polar surface area (TPSA) is 45.2 Å². The molecule has 1 N–H and O–H groups in total. The number of hydrogen-bond donors (Lipinski definition) is 1. The molecule has 17 heavy (non-hydrogen) atoms. The van der Waals surface area contributed by atoms with E-state index in [4.69, 9.17) is 0 Å². The van der Waals surface area contributed by atoms with Gasteiger partial charge < -0.3 is 10.2 Å². The van der Waals surface area contributed by atoms with Crippen molar-refractivity contribution >= 4 is 17.4 Å². The molecule has 0 bridgehead atoms. The van der Waals surface area contributed by atoms with Gasteiger partial charge in [0, 0.05) is 18.5 Å². The smallest absolute Gasteiger partial charge is 0.317 e. The lowest BCUT2D eigenvalue weighted by atomic mass is 10.0. The normalized spacial score (nSPS) is 14.2. The largest absolute Gasteiger partial charge is 0.338 e. The van der Waals surface area contributed by atoms with Crippen LogP contribution in [0.2, 0.25) is 0 Å². The maximum absolute atomic E-state index is 11.6. The molecule has 0 fully saturated rings. The molecule has 0 saturated heterocycles. The molecule has 5 heteroatoms. The number of thiazole rings is 1. The van der Waals surface area contributed by atoms with Gasteiger partial charge in [-0.25, -0.2) is 9.78 Å². The zero-order valence-corrected chi connectivity index (χ0v) is 11.3. The van der Waals surface area contributed by atoms with Crippen LogP contribution in [-0.4, -0.2) is 29.5 Å². The van der Waals surface area contributed by atoms with E-state index in [2.05, 4.69) is 10.3 Å². The standard InChI is InChI=1S/C12H19N3OS/c1-3-13-12(16)15(2)8-11-14-9-6-4-5-7-10(9)17-11/h3-8H2,1-2H3,(H,13,16). The van der Waals surface area contributed by atoms with Crippen molar-refractivity contribution in [2.75, 3.05) is 13.6 Å². The summed E-state index contributed by atoms with van der Waals surface area (Å²) in [5.41, 5.74) is 1.26. The van der Waals surface area contributed by atoms with E-state index < -0.39 is 0 Å². The number of aryl methyl sites for hydroxylation is 2. The van der Waals surface area contributed by atoms with E-state index in [1.165, 1.54) is 23.4 Å². The van der Waals surface area contributed by atoms with Gasteiger partial charge in [-0.3, -0.25) is 0 Å². The minimum Gasteiger partial charge on any atom is -0.338 e. The molecule has 1 aromatic rings. The first-order valence-corrected chi connectivity index (χ1v) is 6.98. The summed E-state index contributed by atoms with van der Waals surface area (Å²) in [5.74, 6) is 0. The highest BCUT2D eigenvalue weighted by molar-refractivity contribution is 7.11. The molecule has 2 rings (SSSR count). The van der Waals surface area contributed by atoms with E-state index >= 15 is 0 Å². The van der Waals surface area contributed by atoms with Gasteiger partial charge in [-0.2, -0.15) is 0 Å². The van der Waals surface area contributed by atoms with Crippen LogP contribution in [0.3, 0.4) is 0 Å². The van der Waals surface area contributed by atoms with Crippen LogP contribution in [-0.2, 0) is 19.4 Å². The van der Waals surface area contributed by atoms with Gasteiger partial charge in [0.15, 0.2) is 0 Å². The molecule has 1 aromatic heterocycles. The zero-order chi connectivity index (χ0) is 12.3. The molecule has 0 aliphatic heterocycles. The molecule has 4 nitrogen and oxygen atoms in total. The molecular weight excluding hydrogens is 234 g/mol. The summed E-state index contributed by atoms with van der Waals surface area (Å²) in [6.45, 7) is 3.20. The Kier molecular flexibility index (Phi) is 3.99. The molecule has 94 valence electrons. The summed E-state index contributed by atoms with van der Waals surface area (Å²) < 4.78 is 0. The predicted octanol–water partition coefficient (Wildman–Crippen LogP) is 2.18. The van der Waals surface area contributed by atoms with Crippen LogP contribution < -0.4 is 5.32 Å². The average molecular weight is 253 g/mol. The van der Waals surface area contributed by atoms with Gasteiger partial charge in [-0.15, -0.1) is 11.3 Å². The zero-order valence-electron chi connectivity index (χ0n) is 10.5. The Morgan fingerprint density at radius 3 is 2.94 bits per heavy atom. The Labute approximate surface area is 106 Å². The number of hydrogen-bond acceptors (Lipinski definition) is 3. The van der Waals surface area contributed by atoms with Crippen molar-refractivity contribution in [2.24, 2.45) is 0 Å². The Balaban J connectivity index is 1.98. The third-order valence-electron chi connectivity index (χ3n) is 2.94. The van der Waals surface area contributed by atoms with Crippen LogP contribution in [0.4, 0.5) is 4.79 Å². The molecule has 0 unspecified atom stereocenters. The molecule has 2 amide bonds. The van der Waals surface area contributed by atoms with E-state index in [-0.39, 0.29) is 6.03 Å². The van der Waals surface area contributed by atoms with Crippen LogP contribution in [0.5, 0.6) is 0 Å². The fourth-order valence-corrected chi connectivity index (χ4v) is 3.24. The monoisotopic (exact) mass is 253 g/mol. The summed E-state index contributed by atoms with van der Waals surface area (Å²) in [6, 6.07) is -0.0272. The van der Waals surface area contributed by atoms with Crippen molar-refractivity contribution in [2.45, 2.75) is 39.2 Å². The second-order valence-electron chi connectivity index (χ2n) is 4.38. The molecule has 1 heterocycles. The van der Waals surface area contributed by atoms with Crippen LogP contribution >= 0.6 is 11.3 Å². The van der Waals surface area contributed by atoms with E-state index in [0.29, 0.717) is 13.1 Å². The second kappa shape index (κ2) is 5.49. The number of carbonyl (C=O) groups excluding carboxylic acids is 1. The number of rotatable bonds is 3. The third-order valence-corrected chi connectivity index (χ3v) is 4.08. The maximum atomic E-state index is 11.6. The number of fused-ring (bicyclic) bond motifs is 1. The van der Waals surface area contributed by atoms with Crippen molar-refractivity contribution < 1.29 is 4.79 Å². The number of aromatic nitrogens is 1. The fourth-order valence-electron chi connectivity index (χ4n) is 2.03. The second-order valence-corrected chi connectivity index (χ2v) is 5.54. The molecule has 0 atom stereocenters. The first-order chi connectivity index (χ1) is 8.20. The molecular formula is C12H19N3OS. The first kappa shape index (κ1) is 12.4. The van der Waals surface area contributed by atoms with E-state index in [1.54, 1.807) is 16.2 Å². The molecule has 1 aliphatic carbocycles. The highest BCUT2D eigenvalue weighted by atomic mass is 32.1. The van der Waals surface area contributed by atoms with Gasteiger partial charge in [0.25, 0.3) is 0 Å². The Hall–Kier alpha value is -1.10. The lowest BCUT2D eigenvalue weighted by Gasteiger charge is -2.15. The number of nitrogens with zero attached hydrogens (tertiary/aromatic N) is 2. The third kappa shape index (κ3) is 2.97. The van der Waals surface area contributed by atoms with Crippen LogP contribution in [0.15, 0.2) is 0 Å². The van der Waals surface area contributed by atoms with Gasteiger partial charge in [-0.05, 0) is 32.6 Å². The highest BCUT2D eigenvalue weighted by Crippen LogP contribution is 2.27.